The van der Waals surface area contributed by atoms with Gasteiger partial charge in [-0.1, -0.05) is 6.07 Å². The summed E-state index contributed by atoms with van der Waals surface area (Å²) in [5.74, 6) is 0. The fourth-order valence-corrected chi connectivity index (χ4v) is 1.49. The van der Waals surface area contributed by atoms with Crippen molar-refractivity contribution in [3.05, 3.63) is 52.5 Å². The Morgan fingerprint density at radius 3 is 2.73 bits per heavy atom. The molecule has 2 rings (SSSR count). The fourth-order valence-electron chi connectivity index (χ4n) is 1.49. The first-order chi connectivity index (χ1) is 7.16. The monoisotopic (exact) mass is 203 g/mol. The molecule has 0 unspecified atom stereocenters. The second-order valence-electron chi connectivity index (χ2n) is 3.59. The van der Waals surface area contributed by atoms with Crippen molar-refractivity contribution in [3.63, 3.8) is 0 Å². The summed E-state index contributed by atoms with van der Waals surface area (Å²) < 4.78 is 3.19. The summed E-state index contributed by atoms with van der Waals surface area (Å²) in [4.78, 5) is 15.9. The Hall–Kier alpha value is -1.84. The molecule has 4 nitrogen and oxygen atoms in total. The average Bonchev–Trinajstić information content (AvgIpc) is 2.50. The van der Waals surface area contributed by atoms with Gasteiger partial charge in [0.25, 0.3) is 0 Å². The topological polar surface area (TPSA) is 39.8 Å². The van der Waals surface area contributed by atoms with Crippen molar-refractivity contribution in [2.75, 3.05) is 0 Å². The van der Waals surface area contributed by atoms with Crippen LogP contribution in [0.2, 0.25) is 0 Å². The molecule has 0 spiro atoms. The molecule has 0 bridgehead atoms. The van der Waals surface area contributed by atoms with Crippen LogP contribution in [0.5, 0.6) is 0 Å². The third-order valence-corrected chi connectivity index (χ3v) is 2.30. The molecular weight excluding hydrogens is 190 g/mol. The van der Waals surface area contributed by atoms with Crippen LogP contribution in [0.4, 0.5) is 0 Å². The van der Waals surface area contributed by atoms with E-state index in [-0.39, 0.29) is 5.69 Å². The minimum atomic E-state index is -0.0155. The number of imidazole rings is 1. The molecule has 0 aliphatic rings. The van der Waals surface area contributed by atoms with Crippen LogP contribution in [0, 0.1) is 6.92 Å². The summed E-state index contributed by atoms with van der Waals surface area (Å²) in [6, 6.07) is 5.81. The molecule has 0 amide bonds. The Labute approximate surface area is 87.8 Å². The highest BCUT2D eigenvalue weighted by atomic mass is 16.1. The van der Waals surface area contributed by atoms with Gasteiger partial charge < -0.3 is 4.57 Å². The molecule has 2 aromatic rings. The van der Waals surface area contributed by atoms with E-state index in [2.05, 4.69) is 4.98 Å². The van der Waals surface area contributed by atoms with Gasteiger partial charge in [0, 0.05) is 25.1 Å². The Kier molecular flexibility index (Phi) is 2.41. The molecule has 0 radical (unpaired) electrons. The quantitative estimate of drug-likeness (QED) is 0.728. The summed E-state index contributed by atoms with van der Waals surface area (Å²) in [5, 5.41) is 0. The largest absolute Gasteiger partial charge is 0.328 e. The highest BCUT2D eigenvalue weighted by molar-refractivity contribution is 5.10. The predicted molar refractivity (Wildman–Crippen MR) is 57.7 cm³/mol. The molecule has 0 aliphatic heterocycles. The molecule has 2 heterocycles. The van der Waals surface area contributed by atoms with E-state index in [1.54, 1.807) is 28.6 Å². The third kappa shape index (κ3) is 1.98. The number of rotatable bonds is 2. The van der Waals surface area contributed by atoms with E-state index in [9.17, 15) is 4.79 Å². The van der Waals surface area contributed by atoms with Gasteiger partial charge in [0.15, 0.2) is 0 Å². The maximum atomic E-state index is 11.6. The van der Waals surface area contributed by atoms with E-state index in [0.29, 0.717) is 6.54 Å². The Morgan fingerprint density at radius 1 is 1.33 bits per heavy atom. The zero-order valence-corrected chi connectivity index (χ0v) is 8.84. The van der Waals surface area contributed by atoms with Crippen molar-refractivity contribution in [1.29, 1.82) is 0 Å². The van der Waals surface area contributed by atoms with Gasteiger partial charge in [-0.15, -0.1) is 0 Å². The van der Waals surface area contributed by atoms with E-state index >= 15 is 0 Å². The van der Waals surface area contributed by atoms with Crippen LogP contribution in [0.15, 0.2) is 35.4 Å². The Morgan fingerprint density at radius 2 is 2.13 bits per heavy atom. The highest BCUT2D eigenvalue weighted by Crippen LogP contribution is 1.99. The third-order valence-electron chi connectivity index (χ3n) is 2.30. The first kappa shape index (κ1) is 9.71. The standard InChI is InChI=1S/C11H13N3O/c1-9-4-3-5-10(12-9)8-14-7-6-13(2)11(14)15/h3-7H,8H2,1-2H3. The molecular formula is C11H13N3O. The van der Waals surface area contributed by atoms with Crippen molar-refractivity contribution in [1.82, 2.24) is 14.1 Å². The van der Waals surface area contributed by atoms with Crippen molar-refractivity contribution in [3.8, 4) is 0 Å². The number of hydrogen-bond donors (Lipinski definition) is 0. The summed E-state index contributed by atoms with van der Waals surface area (Å²) in [6.45, 7) is 2.47. The zero-order valence-electron chi connectivity index (χ0n) is 8.84. The highest BCUT2D eigenvalue weighted by Gasteiger charge is 2.01. The summed E-state index contributed by atoms with van der Waals surface area (Å²) in [7, 11) is 1.74. The molecule has 0 fully saturated rings. The van der Waals surface area contributed by atoms with Crippen LogP contribution in [-0.2, 0) is 13.6 Å². The number of aromatic nitrogens is 3. The van der Waals surface area contributed by atoms with E-state index in [4.69, 9.17) is 0 Å². The Bertz CT molecular complexity index is 525. The molecule has 2 aromatic heterocycles. The minimum absolute atomic E-state index is 0.0155. The molecule has 0 N–H and O–H groups in total. The molecule has 15 heavy (non-hydrogen) atoms. The lowest BCUT2D eigenvalue weighted by Gasteiger charge is -2.01. The van der Waals surface area contributed by atoms with Crippen LogP contribution in [-0.4, -0.2) is 14.1 Å². The molecule has 0 saturated carbocycles. The Balaban J connectivity index is 2.30. The maximum absolute atomic E-state index is 11.6. The number of nitrogens with zero attached hydrogens (tertiary/aromatic N) is 3. The SMILES string of the molecule is Cc1cccc(Cn2ccn(C)c2=O)n1. The fraction of sp³-hybridized carbons (Fsp3) is 0.273. The van der Waals surface area contributed by atoms with Crippen molar-refractivity contribution < 1.29 is 0 Å². The number of hydrogen-bond acceptors (Lipinski definition) is 2. The van der Waals surface area contributed by atoms with Crippen LogP contribution < -0.4 is 5.69 Å². The molecule has 0 atom stereocenters. The lowest BCUT2D eigenvalue weighted by atomic mass is 10.3. The van der Waals surface area contributed by atoms with Crippen molar-refractivity contribution in [2.45, 2.75) is 13.5 Å². The molecule has 0 aromatic carbocycles. The number of aryl methyl sites for hydroxylation is 2. The molecule has 4 heteroatoms. The van der Waals surface area contributed by atoms with Crippen LogP contribution in [0.1, 0.15) is 11.4 Å². The number of pyridine rings is 1. The van der Waals surface area contributed by atoms with Gasteiger partial charge in [-0.25, -0.2) is 4.79 Å². The van der Waals surface area contributed by atoms with Gasteiger partial charge in [-0.3, -0.25) is 9.55 Å². The van der Waals surface area contributed by atoms with E-state index < -0.39 is 0 Å². The van der Waals surface area contributed by atoms with Crippen LogP contribution >= 0.6 is 0 Å². The van der Waals surface area contributed by atoms with Gasteiger partial charge in [0.1, 0.15) is 0 Å². The van der Waals surface area contributed by atoms with E-state index in [1.165, 1.54) is 0 Å². The lowest BCUT2D eigenvalue weighted by Crippen LogP contribution is -2.22. The second kappa shape index (κ2) is 3.73. The van der Waals surface area contributed by atoms with Crippen LogP contribution in [0.3, 0.4) is 0 Å². The predicted octanol–water partition coefficient (Wildman–Crippen LogP) is 0.939. The average molecular weight is 203 g/mol. The summed E-state index contributed by atoms with van der Waals surface area (Å²) in [5.41, 5.74) is 1.86. The molecule has 0 saturated heterocycles. The maximum Gasteiger partial charge on any atom is 0.328 e. The minimum Gasteiger partial charge on any atom is -0.302 e. The van der Waals surface area contributed by atoms with E-state index in [1.807, 2.05) is 25.1 Å². The van der Waals surface area contributed by atoms with Gasteiger partial charge >= 0.3 is 5.69 Å². The summed E-state index contributed by atoms with van der Waals surface area (Å²) in [6.07, 6.45) is 3.52. The van der Waals surface area contributed by atoms with Gasteiger partial charge in [-0.05, 0) is 19.1 Å². The normalized spacial score (nSPS) is 10.5. The first-order valence-electron chi connectivity index (χ1n) is 4.81. The van der Waals surface area contributed by atoms with Crippen molar-refractivity contribution >= 4 is 0 Å². The molecule has 0 aliphatic carbocycles. The van der Waals surface area contributed by atoms with Crippen molar-refractivity contribution in [2.24, 2.45) is 7.05 Å². The van der Waals surface area contributed by atoms with Gasteiger partial charge in [-0.2, -0.15) is 0 Å². The van der Waals surface area contributed by atoms with Gasteiger partial charge in [0.05, 0.1) is 12.2 Å². The second-order valence-corrected chi connectivity index (χ2v) is 3.59. The van der Waals surface area contributed by atoms with Gasteiger partial charge in [0.2, 0.25) is 0 Å². The lowest BCUT2D eigenvalue weighted by molar-refractivity contribution is 0.703. The molecule has 78 valence electrons. The summed E-state index contributed by atoms with van der Waals surface area (Å²) >= 11 is 0. The van der Waals surface area contributed by atoms with Crippen LogP contribution in [0.25, 0.3) is 0 Å². The van der Waals surface area contributed by atoms with E-state index in [0.717, 1.165) is 11.4 Å². The zero-order chi connectivity index (χ0) is 10.8. The first-order valence-corrected chi connectivity index (χ1v) is 4.81. The smallest absolute Gasteiger partial charge is 0.302 e.